The van der Waals surface area contributed by atoms with Crippen molar-refractivity contribution >= 4 is 17.1 Å². The summed E-state index contributed by atoms with van der Waals surface area (Å²) in [4.78, 5) is 0.951. The van der Waals surface area contributed by atoms with Crippen LogP contribution in [0.3, 0.4) is 0 Å². The van der Waals surface area contributed by atoms with Crippen LogP contribution in [-0.2, 0) is 0 Å². The number of hydrogen-bond donors (Lipinski definition) is 0. The van der Waals surface area contributed by atoms with Gasteiger partial charge in [-0.15, -0.1) is 6.58 Å². The van der Waals surface area contributed by atoms with Gasteiger partial charge in [-0.1, -0.05) is 36.5 Å². The number of rotatable bonds is 1. The van der Waals surface area contributed by atoms with Crippen molar-refractivity contribution in [3.05, 3.63) is 37.0 Å². The van der Waals surface area contributed by atoms with E-state index in [-0.39, 0.29) is 5.92 Å². The van der Waals surface area contributed by atoms with Gasteiger partial charge in [0.1, 0.15) is 0 Å². The van der Waals surface area contributed by atoms with Gasteiger partial charge in [0.15, 0.2) is 0 Å². The molecule has 0 spiro atoms. The molecule has 0 aromatic carbocycles. The molecule has 0 radical (unpaired) electrons. The van der Waals surface area contributed by atoms with Crippen LogP contribution in [0.4, 0.5) is 0 Å². The first-order chi connectivity index (χ1) is 4.34. The Hall–Kier alpha value is -0.690. The molecule has 0 amide bonds. The topological polar surface area (TPSA) is 0 Å². The van der Waals surface area contributed by atoms with E-state index in [9.17, 15) is 0 Å². The van der Waals surface area contributed by atoms with Crippen LogP contribution >= 0.6 is 12.2 Å². The fraction of sp³-hybridized carbons (Fsp3) is 0.125. The zero-order valence-corrected chi connectivity index (χ0v) is 5.90. The van der Waals surface area contributed by atoms with Crippen molar-refractivity contribution in [3.8, 4) is 0 Å². The molecule has 0 bridgehead atoms. The first kappa shape index (κ1) is 6.43. The van der Waals surface area contributed by atoms with Crippen LogP contribution in [0.2, 0.25) is 0 Å². The fourth-order valence-electron chi connectivity index (χ4n) is 0.735. The van der Waals surface area contributed by atoms with Gasteiger partial charge in [-0.2, -0.15) is 0 Å². The minimum absolute atomic E-state index is 0.282. The third kappa shape index (κ3) is 1.36. The van der Waals surface area contributed by atoms with E-state index in [1.807, 2.05) is 30.4 Å². The standard InChI is InChI=1S/C8H8S/c1-2-7-5-3-4-6-8(7)9/h2-7H,1H2. The van der Waals surface area contributed by atoms with Gasteiger partial charge < -0.3 is 0 Å². The monoisotopic (exact) mass is 136 g/mol. The predicted molar refractivity (Wildman–Crippen MR) is 44.6 cm³/mol. The smallest absolute Gasteiger partial charge is 0.0302 e. The average Bonchev–Trinajstić information content (AvgIpc) is 1.89. The Morgan fingerprint density at radius 1 is 1.56 bits per heavy atom. The molecule has 0 aliphatic heterocycles. The molecule has 1 rings (SSSR count). The molecule has 0 saturated carbocycles. The normalized spacial score (nSPS) is 24.4. The average molecular weight is 136 g/mol. The molecule has 46 valence electrons. The van der Waals surface area contributed by atoms with Crippen LogP contribution in [0, 0.1) is 5.92 Å². The summed E-state index contributed by atoms with van der Waals surface area (Å²) in [6, 6.07) is 0. The Morgan fingerprint density at radius 3 is 2.78 bits per heavy atom. The molecule has 0 heterocycles. The van der Waals surface area contributed by atoms with Crippen LogP contribution < -0.4 is 0 Å². The van der Waals surface area contributed by atoms with Crippen molar-refractivity contribution in [3.63, 3.8) is 0 Å². The van der Waals surface area contributed by atoms with Crippen molar-refractivity contribution < 1.29 is 0 Å². The lowest BCUT2D eigenvalue weighted by Crippen LogP contribution is -2.04. The van der Waals surface area contributed by atoms with E-state index >= 15 is 0 Å². The van der Waals surface area contributed by atoms with Crippen LogP contribution in [0.5, 0.6) is 0 Å². The summed E-state index contributed by atoms with van der Waals surface area (Å²) in [5, 5.41) is 0. The third-order valence-corrected chi connectivity index (χ3v) is 1.68. The first-order valence-corrected chi connectivity index (χ1v) is 3.26. The fourth-order valence-corrected chi connectivity index (χ4v) is 0.988. The van der Waals surface area contributed by atoms with E-state index in [1.165, 1.54) is 0 Å². The minimum Gasteiger partial charge on any atom is -0.102 e. The molecule has 0 aromatic rings. The van der Waals surface area contributed by atoms with E-state index in [4.69, 9.17) is 12.2 Å². The summed E-state index contributed by atoms with van der Waals surface area (Å²) in [7, 11) is 0. The van der Waals surface area contributed by atoms with Crippen LogP contribution in [0.15, 0.2) is 37.0 Å². The van der Waals surface area contributed by atoms with Gasteiger partial charge in [0, 0.05) is 10.8 Å². The Morgan fingerprint density at radius 2 is 2.33 bits per heavy atom. The lowest BCUT2D eigenvalue weighted by atomic mass is 10.0. The lowest BCUT2D eigenvalue weighted by molar-refractivity contribution is 1.17. The van der Waals surface area contributed by atoms with E-state index in [0.717, 1.165) is 4.86 Å². The summed E-state index contributed by atoms with van der Waals surface area (Å²) in [5.41, 5.74) is 0. The van der Waals surface area contributed by atoms with Gasteiger partial charge in [0.05, 0.1) is 0 Å². The van der Waals surface area contributed by atoms with E-state index in [1.54, 1.807) is 0 Å². The van der Waals surface area contributed by atoms with Crippen molar-refractivity contribution in [1.82, 2.24) is 0 Å². The highest BCUT2D eigenvalue weighted by molar-refractivity contribution is 7.80. The summed E-state index contributed by atoms with van der Waals surface area (Å²) >= 11 is 5.02. The number of allylic oxidation sites excluding steroid dienone is 5. The highest BCUT2D eigenvalue weighted by atomic mass is 32.1. The van der Waals surface area contributed by atoms with Gasteiger partial charge in [-0.05, 0) is 6.08 Å². The summed E-state index contributed by atoms with van der Waals surface area (Å²) in [6.07, 6.45) is 9.75. The van der Waals surface area contributed by atoms with Gasteiger partial charge in [-0.25, -0.2) is 0 Å². The van der Waals surface area contributed by atoms with Crippen LogP contribution in [-0.4, -0.2) is 4.86 Å². The Kier molecular flexibility index (Phi) is 1.96. The van der Waals surface area contributed by atoms with Crippen molar-refractivity contribution in [2.45, 2.75) is 0 Å². The summed E-state index contributed by atoms with van der Waals surface area (Å²) < 4.78 is 0. The maximum atomic E-state index is 5.02. The molecule has 1 aliphatic rings. The maximum Gasteiger partial charge on any atom is 0.0302 e. The van der Waals surface area contributed by atoms with Crippen molar-refractivity contribution in [2.24, 2.45) is 5.92 Å². The molecule has 1 heteroatoms. The largest absolute Gasteiger partial charge is 0.102 e. The molecule has 1 aliphatic carbocycles. The van der Waals surface area contributed by atoms with Crippen LogP contribution in [0.25, 0.3) is 0 Å². The predicted octanol–water partition coefficient (Wildman–Crippen LogP) is 2.28. The highest BCUT2D eigenvalue weighted by Gasteiger charge is 2.04. The van der Waals surface area contributed by atoms with Gasteiger partial charge in [0.2, 0.25) is 0 Å². The van der Waals surface area contributed by atoms with E-state index < -0.39 is 0 Å². The number of thiocarbonyl (C=S) groups is 1. The van der Waals surface area contributed by atoms with Crippen molar-refractivity contribution in [1.29, 1.82) is 0 Å². The molecule has 0 N–H and O–H groups in total. The summed E-state index contributed by atoms with van der Waals surface area (Å²) in [6.45, 7) is 3.66. The summed E-state index contributed by atoms with van der Waals surface area (Å²) in [5.74, 6) is 0.282. The third-order valence-electron chi connectivity index (χ3n) is 1.27. The van der Waals surface area contributed by atoms with Crippen LogP contribution in [0.1, 0.15) is 0 Å². The molecule has 9 heavy (non-hydrogen) atoms. The second kappa shape index (κ2) is 2.74. The molecule has 0 aromatic heterocycles. The second-order valence-electron chi connectivity index (χ2n) is 1.91. The zero-order valence-electron chi connectivity index (χ0n) is 5.08. The highest BCUT2D eigenvalue weighted by Crippen LogP contribution is 2.09. The second-order valence-corrected chi connectivity index (χ2v) is 2.38. The van der Waals surface area contributed by atoms with Gasteiger partial charge in [-0.3, -0.25) is 0 Å². The zero-order chi connectivity index (χ0) is 6.69. The minimum atomic E-state index is 0.282. The molecule has 1 unspecified atom stereocenters. The quantitative estimate of drug-likeness (QED) is 0.393. The molecule has 1 atom stereocenters. The Balaban J connectivity index is 2.77. The first-order valence-electron chi connectivity index (χ1n) is 2.86. The Bertz CT molecular complexity index is 187. The molecular formula is C8H8S. The Labute approximate surface area is 60.6 Å². The SMILES string of the molecule is C=CC1C=CC=CC1=S. The lowest BCUT2D eigenvalue weighted by Gasteiger charge is -2.06. The molecular weight excluding hydrogens is 128 g/mol. The number of hydrogen-bond acceptors (Lipinski definition) is 1. The molecule has 0 saturated heterocycles. The van der Waals surface area contributed by atoms with E-state index in [2.05, 4.69) is 6.58 Å². The van der Waals surface area contributed by atoms with Gasteiger partial charge in [0.25, 0.3) is 0 Å². The molecule has 0 fully saturated rings. The maximum absolute atomic E-state index is 5.02. The van der Waals surface area contributed by atoms with Crippen molar-refractivity contribution in [2.75, 3.05) is 0 Å². The van der Waals surface area contributed by atoms with E-state index in [0.29, 0.717) is 0 Å². The molecule has 0 nitrogen and oxygen atoms in total. The van der Waals surface area contributed by atoms with Gasteiger partial charge >= 0.3 is 0 Å².